The Morgan fingerprint density at radius 2 is 0.917 bits per heavy atom. The van der Waals surface area contributed by atoms with Crippen molar-refractivity contribution in [2.75, 3.05) is 39.3 Å². The van der Waals surface area contributed by atoms with Gasteiger partial charge in [-0.2, -0.15) is 0 Å². The zero-order valence-corrected chi connectivity index (χ0v) is 21.9. The molecule has 2 aliphatic rings. The van der Waals surface area contributed by atoms with Crippen LogP contribution >= 0.6 is 0 Å². The predicted octanol–water partition coefficient (Wildman–Crippen LogP) is -4.61. The van der Waals surface area contributed by atoms with E-state index < -0.39 is 11.9 Å². The molecule has 2 aromatic carbocycles. The van der Waals surface area contributed by atoms with Crippen LogP contribution in [-0.4, -0.2) is 61.0 Å². The molecule has 0 aliphatic carbocycles. The molecule has 6 nitrogen and oxygen atoms in total. The molecule has 0 aromatic heterocycles. The van der Waals surface area contributed by atoms with Gasteiger partial charge in [0.2, 0.25) is 0 Å². The van der Waals surface area contributed by atoms with E-state index in [-0.39, 0.29) is 50.8 Å². The fourth-order valence-corrected chi connectivity index (χ4v) is 4.96. The molecule has 2 heterocycles. The van der Waals surface area contributed by atoms with Crippen LogP contribution in [0, 0.1) is 11.8 Å². The molecule has 2 aliphatic heterocycles. The van der Waals surface area contributed by atoms with E-state index in [0.29, 0.717) is 11.8 Å². The maximum atomic E-state index is 10.5. The first-order valence-corrected chi connectivity index (χ1v) is 12.4. The summed E-state index contributed by atoms with van der Waals surface area (Å²) in [7, 11) is 0. The van der Waals surface area contributed by atoms with Crippen molar-refractivity contribution < 1.29 is 57.5 Å². The average Bonchev–Trinajstić information content (AvgIpc) is 2.83. The van der Waals surface area contributed by atoms with Crippen LogP contribution in [0.15, 0.2) is 60.7 Å². The molecule has 36 heavy (non-hydrogen) atoms. The van der Waals surface area contributed by atoms with E-state index in [1.54, 1.807) is 0 Å². The summed E-state index contributed by atoms with van der Waals surface area (Å²) < 4.78 is 0. The van der Waals surface area contributed by atoms with Gasteiger partial charge in [-0.15, -0.1) is 0 Å². The smallest absolute Gasteiger partial charge is 0.549 e. The minimum absolute atomic E-state index is 0. The van der Waals surface area contributed by atoms with Crippen molar-refractivity contribution in [3.8, 4) is 0 Å². The number of benzene rings is 2. The van der Waals surface area contributed by atoms with Gasteiger partial charge in [0.1, 0.15) is 0 Å². The summed E-state index contributed by atoms with van der Waals surface area (Å²) in [6.45, 7) is 3.68. The van der Waals surface area contributed by atoms with E-state index in [9.17, 15) is 19.8 Å². The van der Waals surface area contributed by atoms with Crippen molar-refractivity contribution in [3.63, 3.8) is 0 Å². The van der Waals surface area contributed by atoms with Gasteiger partial charge in [-0.25, -0.2) is 0 Å². The van der Waals surface area contributed by atoms with Crippen LogP contribution in [0.5, 0.6) is 0 Å². The Labute approximate surface area is 239 Å². The van der Waals surface area contributed by atoms with Gasteiger partial charge in [-0.1, -0.05) is 60.7 Å². The number of aliphatic carboxylic acids is 2. The van der Waals surface area contributed by atoms with E-state index in [0.717, 1.165) is 64.7 Å². The number of likely N-dealkylation sites (tertiary alicyclic amines) is 2. The zero-order valence-electron chi connectivity index (χ0n) is 21.9. The Morgan fingerprint density at radius 1 is 0.611 bits per heavy atom. The maximum absolute atomic E-state index is 10.5. The minimum Gasteiger partial charge on any atom is -0.549 e. The van der Waals surface area contributed by atoms with Gasteiger partial charge in [0.05, 0.1) is 11.9 Å². The number of hydrogen-bond donors (Lipinski definition) is 0. The van der Waals surface area contributed by atoms with Gasteiger partial charge in [0.15, 0.2) is 0 Å². The summed E-state index contributed by atoms with van der Waals surface area (Å²) in [5, 5.41) is 21.0. The molecule has 0 spiro atoms. The molecule has 4 rings (SSSR count). The number of carboxylic acid groups (broad SMARTS) is 2. The van der Waals surface area contributed by atoms with Crippen LogP contribution in [0.25, 0.3) is 0 Å². The fourth-order valence-electron chi connectivity index (χ4n) is 4.96. The van der Waals surface area contributed by atoms with Crippen molar-refractivity contribution in [3.05, 3.63) is 71.8 Å². The molecule has 0 amide bonds. The Hall–Kier alpha value is -1.51. The quantitative estimate of drug-likeness (QED) is 0.355. The van der Waals surface area contributed by atoms with Gasteiger partial charge in [0, 0.05) is 13.1 Å². The average molecular weight is 478 g/mol. The third-order valence-electron chi connectivity index (χ3n) is 6.85. The molecule has 8 heteroatoms. The summed E-state index contributed by atoms with van der Waals surface area (Å²) in [6.07, 6.45) is 6.56. The molecule has 2 saturated heterocycles. The molecule has 0 radical (unpaired) electrons. The molecule has 0 saturated carbocycles. The molecule has 0 N–H and O–H groups in total. The van der Waals surface area contributed by atoms with Gasteiger partial charge in [-0.05, 0) is 87.7 Å². The first kappa shape index (κ1) is 32.5. The van der Waals surface area contributed by atoms with E-state index >= 15 is 0 Å². The topological polar surface area (TPSA) is 86.7 Å². The van der Waals surface area contributed by atoms with Crippen LogP contribution in [0.3, 0.4) is 0 Å². The molecule has 184 valence electrons. The van der Waals surface area contributed by atoms with Gasteiger partial charge in [-0.3, -0.25) is 9.80 Å². The van der Waals surface area contributed by atoms with E-state index in [4.69, 9.17) is 0 Å². The maximum Gasteiger partial charge on any atom is 1.00 e. The second-order valence-corrected chi connectivity index (χ2v) is 9.56. The molecule has 0 unspecified atom stereocenters. The molecular weight excluding hydrogens is 442 g/mol. The monoisotopic (exact) mass is 478 g/mol. The number of carboxylic acids is 2. The molecular formula is C28H36Li2N2O4. The van der Waals surface area contributed by atoms with E-state index in [2.05, 4.69) is 48.5 Å². The third kappa shape index (κ3) is 12.6. The van der Waals surface area contributed by atoms with Crippen molar-refractivity contribution >= 4 is 11.9 Å². The third-order valence-corrected chi connectivity index (χ3v) is 6.85. The zero-order chi connectivity index (χ0) is 24.2. The van der Waals surface area contributed by atoms with Crippen molar-refractivity contribution in [1.82, 2.24) is 9.80 Å². The molecule has 0 atom stereocenters. The number of carbonyl (C=O) groups excluding carboxylic acids is 2. The number of piperidine rings is 2. The SMILES string of the molecule is O=C([O-])CN1CCC(Cc2ccccc2)CC1.O=C([O-])CN1CCC(Cc2ccccc2)CC1.[Li+].[Li+]. The van der Waals surface area contributed by atoms with Gasteiger partial charge in [0.25, 0.3) is 0 Å². The number of nitrogens with zero attached hydrogens (tertiary/aromatic N) is 2. The van der Waals surface area contributed by atoms with Crippen molar-refractivity contribution in [2.45, 2.75) is 38.5 Å². The molecule has 0 bridgehead atoms. The predicted molar refractivity (Wildman–Crippen MR) is 129 cm³/mol. The summed E-state index contributed by atoms with van der Waals surface area (Å²) in [4.78, 5) is 24.9. The summed E-state index contributed by atoms with van der Waals surface area (Å²) >= 11 is 0. The Bertz CT molecular complexity index is 796. The van der Waals surface area contributed by atoms with E-state index in [1.165, 1.54) is 11.1 Å². The van der Waals surface area contributed by atoms with Crippen LogP contribution < -0.4 is 47.9 Å². The summed E-state index contributed by atoms with van der Waals surface area (Å²) in [6, 6.07) is 21.0. The standard InChI is InChI=1S/2C14H19NO2.2Li/c2*16-14(17)11-15-8-6-13(7-9-15)10-12-4-2-1-3-5-12;;/h2*1-5,13H,6-11H2,(H,16,17);;/q;;2*+1/p-2. The number of rotatable bonds is 8. The van der Waals surface area contributed by atoms with E-state index in [1.807, 2.05) is 21.9 Å². The Morgan fingerprint density at radius 3 is 1.19 bits per heavy atom. The fraction of sp³-hybridized carbons (Fsp3) is 0.500. The Kier molecular flexibility index (Phi) is 16.1. The van der Waals surface area contributed by atoms with Crippen LogP contribution in [-0.2, 0) is 22.4 Å². The second kappa shape index (κ2) is 17.9. The first-order chi connectivity index (χ1) is 16.5. The number of carbonyl (C=O) groups is 2. The normalized spacial score (nSPS) is 17.1. The van der Waals surface area contributed by atoms with Crippen LogP contribution in [0.4, 0.5) is 0 Å². The summed E-state index contributed by atoms with van der Waals surface area (Å²) in [5.74, 6) is -0.552. The number of hydrogen-bond acceptors (Lipinski definition) is 6. The van der Waals surface area contributed by atoms with Gasteiger partial charge >= 0.3 is 37.7 Å². The summed E-state index contributed by atoms with van der Waals surface area (Å²) in [5.41, 5.74) is 2.76. The van der Waals surface area contributed by atoms with Crippen LogP contribution in [0.2, 0.25) is 0 Å². The Balaban J connectivity index is 0.000000341. The first-order valence-electron chi connectivity index (χ1n) is 12.4. The minimum atomic E-state index is -0.966. The largest absolute Gasteiger partial charge is 1.00 e. The molecule has 2 fully saturated rings. The molecule has 2 aromatic rings. The van der Waals surface area contributed by atoms with Gasteiger partial charge < -0.3 is 19.8 Å². The van der Waals surface area contributed by atoms with Crippen molar-refractivity contribution in [2.24, 2.45) is 11.8 Å². The van der Waals surface area contributed by atoms with Crippen molar-refractivity contribution in [1.29, 1.82) is 0 Å². The van der Waals surface area contributed by atoms with Crippen LogP contribution in [0.1, 0.15) is 36.8 Å². The second-order valence-electron chi connectivity index (χ2n) is 9.56.